The smallest absolute Gasteiger partial charge is 0.0648 e. The monoisotopic (exact) mass is 414 g/mol. The summed E-state index contributed by atoms with van der Waals surface area (Å²) in [5, 5.41) is 12.9. The van der Waals surface area contributed by atoms with Gasteiger partial charge in [-0.3, -0.25) is 4.72 Å². The van der Waals surface area contributed by atoms with Gasteiger partial charge < -0.3 is 10.0 Å². The van der Waals surface area contributed by atoms with Crippen LogP contribution in [0.5, 0.6) is 0 Å². The maximum atomic E-state index is 10.1. The van der Waals surface area contributed by atoms with Crippen LogP contribution in [0.3, 0.4) is 0 Å². The molecule has 0 amide bonds. The number of hydrogen-bond donors (Lipinski definition) is 2. The Kier molecular flexibility index (Phi) is 6.89. The van der Waals surface area contributed by atoms with E-state index in [1.807, 2.05) is 11.8 Å². The number of likely N-dealkylation sites (tertiary alicyclic amines) is 1. The highest BCUT2D eigenvalue weighted by molar-refractivity contribution is 8.03. The van der Waals surface area contributed by atoms with E-state index in [9.17, 15) is 5.11 Å². The molecule has 0 aromatic heterocycles. The zero-order valence-corrected chi connectivity index (χ0v) is 18.1. The van der Waals surface area contributed by atoms with Gasteiger partial charge >= 0.3 is 0 Å². The van der Waals surface area contributed by atoms with Crippen LogP contribution in [0.2, 0.25) is 0 Å². The molecule has 4 rings (SSSR count). The zero-order valence-electron chi connectivity index (χ0n) is 16.5. The van der Waals surface area contributed by atoms with Crippen molar-refractivity contribution in [2.75, 3.05) is 13.2 Å². The number of hydrogen-bond acceptors (Lipinski definition) is 5. The number of unbranched alkanes of at least 4 members (excludes halogenated alkanes) is 1. The maximum Gasteiger partial charge on any atom is 0.0648 e. The fourth-order valence-corrected chi connectivity index (χ4v) is 6.18. The molecule has 0 saturated carbocycles. The molecular weight excluding hydrogens is 384 g/mol. The minimum atomic E-state index is 0.218. The van der Waals surface area contributed by atoms with Gasteiger partial charge in [0.25, 0.3) is 0 Å². The fourth-order valence-electron chi connectivity index (χ4n) is 4.32. The van der Waals surface area contributed by atoms with Gasteiger partial charge in [0, 0.05) is 17.1 Å². The summed E-state index contributed by atoms with van der Waals surface area (Å²) in [4.78, 5) is 3.77. The van der Waals surface area contributed by atoms with E-state index in [4.69, 9.17) is 0 Å². The Balaban J connectivity index is 1.25. The van der Waals surface area contributed by atoms with E-state index in [1.165, 1.54) is 21.7 Å². The Morgan fingerprint density at radius 2 is 2.04 bits per heavy atom. The molecule has 1 aromatic rings. The number of rotatable bonds is 9. The number of allylic oxidation sites excluding steroid dienone is 3. The first-order chi connectivity index (χ1) is 13.8. The van der Waals surface area contributed by atoms with Crippen molar-refractivity contribution in [3.63, 3.8) is 0 Å². The molecular formula is C23H30N2OS2. The Labute approximate surface area is 177 Å². The maximum absolute atomic E-state index is 10.1. The number of aliphatic hydroxyl groups is 1. The standard InChI is InChI=1S/C23H30N2OS2/c1-17-9-11-19(12-10-17)28-24-14-5-4-6-18(16-26)25-21-8-3-2-7-20(21)23-22(25)13-15-27-23/h7-13,15,18,22-24,26H,2-6,14,16H2,1H3. The highest BCUT2D eigenvalue weighted by Gasteiger charge is 2.44. The Morgan fingerprint density at radius 1 is 1.21 bits per heavy atom. The summed E-state index contributed by atoms with van der Waals surface area (Å²) in [5.41, 5.74) is 4.19. The van der Waals surface area contributed by atoms with Gasteiger partial charge in [-0.1, -0.05) is 42.3 Å². The van der Waals surface area contributed by atoms with Gasteiger partial charge in [-0.25, -0.2) is 0 Å². The van der Waals surface area contributed by atoms with Crippen LogP contribution >= 0.6 is 23.7 Å². The first kappa shape index (κ1) is 20.1. The van der Waals surface area contributed by atoms with E-state index >= 15 is 0 Å². The average molecular weight is 415 g/mol. The van der Waals surface area contributed by atoms with Crippen molar-refractivity contribution < 1.29 is 5.11 Å². The molecule has 3 unspecified atom stereocenters. The molecule has 1 fully saturated rings. The van der Waals surface area contributed by atoms with Gasteiger partial charge in [0.05, 0.1) is 23.9 Å². The van der Waals surface area contributed by atoms with Crippen LogP contribution in [-0.4, -0.2) is 40.5 Å². The first-order valence-corrected chi connectivity index (χ1v) is 12.1. The van der Waals surface area contributed by atoms with Gasteiger partial charge in [0.15, 0.2) is 0 Å². The van der Waals surface area contributed by atoms with Crippen LogP contribution in [0, 0.1) is 6.92 Å². The molecule has 5 heteroatoms. The molecule has 28 heavy (non-hydrogen) atoms. The summed E-state index contributed by atoms with van der Waals surface area (Å²) < 4.78 is 3.47. The number of nitrogens with one attached hydrogen (secondary N) is 1. The lowest BCUT2D eigenvalue weighted by molar-refractivity contribution is 0.140. The molecule has 1 aliphatic carbocycles. The quantitative estimate of drug-likeness (QED) is 0.437. The van der Waals surface area contributed by atoms with Crippen LogP contribution in [0.15, 0.2) is 64.1 Å². The second-order valence-corrected chi connectivity index (χ2v) is 9.77. The van der Waals surface area contributed by atoms with Crippen molar-refractivity contribution in [2.45, 2.75) is 61.3 Å². The third-order valence-electron chi connectivity index (χ3n) is 5.76. The molecule has 1 saturated heterocycles. The van der Waals surface area contributed by atoms with E-state index < -0.39 is 0 Å². The van der Waals surface area contributed by atoms with Gasteiger partial charge in [-0.05, 0) is 67.7 Å². The van der Waals surface area contributed by atoms with E-state index in [2.05, 4.69) is 64.4 Å². The number of nitrogens with zero attached hydrogens (tertiary/aromatic N) is 1. The van der Waals surface area contributed by atoms with Crippen LogP contribution in [0.25, 0.3) is 0 Å². The fraction of sp³-hybridized carbons (Fsp3) is 0.478. The van der Waals surface area contributed by atoms with E-state index in [0.29, 0.717) is 11.3 Å². The summed E-state index contributed by atoms with van der Waals surface area (Å²) in [7, 11) is 0. The summed E-state index contributed by atoms with van der Waals surface area (Å²) in [6.07, 6.45) is 12.7. The Morgan fingerprint density at radius 3 is 2.86 bits per heavy atom. The predicted molar refractivity (Wildman–Crippen MR) is 121 cm³/mol. The minimum absolute atomic E-state index is 0.218. The molecule has 0 spiro atoms. The molecule has 2 heterocycles. The van der Waals surface area contributed by atoms with Gasteiger partial charge in [-0.15, -0.1) is 11.8 Å². The normalized spacial score (nSPS) is 24.0. The Bertz CT molecular complexity index is 756. The number of benzene rings is 1. The van der Waals surface area contributed by atoms with Crippen LogP contribution < -0.4 is 4.72 Å². The molecule has 3 atom stereocenters. The third kappa shape index (κ3) is 4.38. The predicted octanol–water partition coefficient (Wildman–Crippen LogP) is 5.04. The Hall–Kier alpha value is -1.14. The lowest BCUT2D eigenvalue weighted by Crippen LogP contribution is -2.41. The third-order valence-corrected chi connectivity index (χ3v) is 7.76. The molecule has 2 aliphatic heterocycles. The lowest BCUT2D eigenvalue weighted by atomic mass is 10.0. The van der Waals surface area contributed by atoms with Crippen molar-refractivity contribution in [1.82, 2.24) is 9.62 Å². The summed E-state index contributed by atoms with van der Waals surface area (Å²) in [6.45, 7) is 3.34. The summed E-state index contributed by atoms with van der Waals surface area (Å²) in [6, 6.07) is 9.27. The molecule has 3 aliphatic rings. The van der Waals surface area contributed by atoms with Crippen molar-refractivity contribution >= 4 is 23.7 Å². The number of aliphatic hydroxyl groups excluding tert-OH is 1. The lowest BCUT2D eigenvalue weighted by Gasteiger charge is -2.34. The second kappa shape index (κ2) is 9.57. The molecule has 0 bridgehead atoms. The molecule has 2 N–H and O–H groups in total. The molecule has 0 radical (unpaired) electrons. The van der Waals surface area contributed by atoms with Gasteiger partial charge in [0.1, 0.15) is 0 Å². The van der Waals surface area contributed by atoms with Crippen LogP contribution in [0.4, 0.5) is 0 Å². The minimum Gasteiger partial charge on any atom is -0.394 e. The van der Waals surface area contributed by atoms with Crippen LogP contribution in [0.1, 0.15) is 37.7 Å². The number of thioether (sulfide) groups is 1. The van der Waals surface area contributed by atoms with Crippen molar-refractivity contribution in [2.24, 2.45) is 0 Å². The highest BCUT2D eigenvalue weighted by Crippen LogP contribution is 2.48. The van der Waals surface area contributed by atoms with E-state index in [1.54, 1.807) is 11.9 Å². The molecule has 150 valence electrons. The summed E-state index contributed by atoms with van der Waals surface area (Å²) >= 11 is 3.65. The van der Waals surface area contributed by atoms with Crippen molar-refractivity contribution in [1.29, 1.82) is 0 Å². The number of aryl methyl sites for hydroxylation is 1. The average Bonchev–Trinajstić information content (AvgIpc) is 3.30. The first-order valence-electron chi connectivity index (χ1n) is 10.4. The van der Waals surface area contributed by atoms with Crippen molar-refractivity contribution in [3.8, 4) is 0 Å². The number of fused-ring (bicyclic) bond motifs is 3. The molecule has 1 aromatic carbocycles. The van der Waals surface area contributed by atoms with E-state index in [-0.39, 0.29) is 12.6 Å². The topological polar surface area (TPSA) is 35.5 Å². The second-order valence-electron chi connectivity index (χ2n) is 7.75. The van der Waals surface area contributed by atoms with Crippen molar-refractivity contribution in [3.05, 3.63) is 64.7 Å². The summed E-state index contributed by atoms with van der Waals surface area (Å²) in [5.74, 6) is 0. The molecule has 3 nitrogen and oxygen atoms in total. The van der Waals surface area contributed by atoms with E-state index in [0.717, 1.165) is 38.6 Å². The largest absolute Gasteiger partial charge is 0.394 e. The van der Waals surface area contributed by atoms with Crippen LogP contribution in [-0.2, 0) is 0 Å². The van der Waals surface area contributed by atoms with Gasteiger partial charge in [-0.2, -0.15) is 0 Å². The zero-order chi connectivity index (χ0) is 19.3. The van der Waals surface area contributed by atoms with Gasteiger partial charge in [0.2, 0.25) is 0 Å². The SMILES string of the molecule is Cc1ccc(SNCCCCC(CO)N2C3=CCCC=C3C3SC=CC32)cc1. The highest BCUT2D eigenvalue weighted by atomic mass is 32.2.